The number of anilines is 1. The maximum Gasteiger partial charge on any atom is 0.238 e. The van der Waals surface area contributed by atoms with Crippen LogP contribution in [-0.4, -0.2) is 20.9 Å². The summed E-state index contributed by atoms with van der Waals surface area (Å²) >= 11 is 18.0. The van der Waals surface area contributed by atoms with Crippen LogP contribution in [0.1, 0.15) is 11.1 Å². The monoisotopic (exact) mass is 472 g/mol. The van der Waals surface area contributed by atoms with Crippen molar-refractivity contribution in [3.63, 3.8) is 0 Å². The van der Waals surface area contributed by atoms with Gasteiger partial charge in [-0.2, -0.15) is 0 Å². The van der Waals surface area contributed by atoms with Crippen molar-refractivity contribution in [1.29, 1.82) is 0 Å². The molecule has 0 bridgehead atoms. The molecular weight excluding hydrogens is 459 g/mol. The van der Waals surface area contributed by atoms with Crippen molar-refractivity contribution in [2.75, 3.05) is 11.9 Å². The summed E-state index contributed by atoms with van der Waals surface area (Å²) in [4.78, 5) is 12.5. The fourth-order valence-corrected chi connectivity index (χ4v) is 5.04. The van der Waals surface area contributed by atoms with Crippen LogP contribution in [0.15, 0.2) is 70.2 Å². The fourth-order valence-electron chi connectivity index (χ4n) is 2.58. The summed E-state index contributed by atoms with van der Waals surface area (Å²) in [6, 6.07) is 13.8. The Morgan fingerprint density at radius 1 is 1.00 bits per heavy atom. The number of halogens is 3. The molecule has 1 unspecified atom stereocenters. The summed E-state index contributed by atoms with van der Waals surface area (Å²) < 4.78 is 31.3. The average Bonchev–Trinajstić information content (AvgIpc) is 3.19. The van der Waals surface area contributed by atoms with Gasteiger partial charge in [0.2, 0.25) is 15.7 Å². The molecular formula is C19H15Cl3N2O4S. The van der Waals surface area contributed by atoms with Gasteiger partial charge in [0, 0.05) is 5.02 Å². The highest BCUT2D eigenvalue weighted by atomic mass is 35.5. The Balaban J connectivity index is 1.79. The lowest BCUT2D eigenvalue weighted by Gasteiger charge is -2.18. The van der Waals surface area contributed by atoms with Crippen LogP contribution in [0.3, 0.4) is 0 Å². The standard InChI is InChI=1S/C19H15Cl3N2O4S/c20-12-9-14(21)18(15(22)10-12)24-17(25)11-23-19(16-7-4-8-28-16)29(26,27)13-5-2-1-3-6-13/h1-10,19,23H,11H2,(H,24,25). The van der Waals surface area contributed by atoms with Gasteiger partial charge < -0.3 is 9.73 Å². The molecule has 0 saturated carbocycles. The molecule has 1 amide bonds. The zero-order valence-electron chi connectivity index (χ0n) is 14.7. The van der Waals surface area contributed by atoms with Crippen LogP contribution in [-0.2, 0) is 14.6 Å². The summed E-state index contributed by atoms with van der Waals surface area (Å²) in [6.45, 7) is -0.341. The molecule has 2 N–H and O–H groups in total. The molecule has 29 heavy (non-hydrogen) atoms. The number of carbonyl (C=O) groups is 1. The van der Waals surface area contributed by atoms with Crippen molar-refractivity contribution < 1.29 is 17.6 Å². The molecule has 0 spiro atoms. The molecule has 152 valence electrons. The lowest BCUT2D eigenvalue weighted by Crippen LogP contribution is -2.35. The van der Waals surface area contributed by atoms with E-state index in [-0.39, 0.29) is 32.9 Å². The molecule has 3 rings (SSSR count). The Hall–Kier alpha value is -2.03. The largest absolute Gasteiger partial charge is 0.467 e. The predicted octanol–water partition coefficient (Wildman–Crippen LogP) is 4.94. The fraction of sp³-hybridized carbons (Fsp3) is 0.105. The minimum atomic E-state index is -3.87. The highest BCUT2D eigenvalue weighted by Crippen LogP contribution is 2.33. The smallest absolute Gasteiger partial charge is 0.238 e. The summed E-state index contributed by atoms with van der Waals surface area (Å²) in [7, 11) is -3.87. The molecule has 0 aliphatic heterocycles. The van der Waals surface area contributed by atoms with Gasteiger partial charge in [0.25, 0.3) is 0 Å². The lowest BCUT2D eigenvalue weighted by molar-refractivity contribution is -0.115. The second-order valence-electron chi connectivity index (χ2n) is 5.93. The van der Waals surface area contributed by atoms with Crippen LogP contribution < -0.4 is 10.6 Å². The van der Waals surface area contributed by atoms with Crippen LogP contribution in [0.5, 0.6) is 0 Å². The number of amides is 1. The zero-order chi connectivity index (χ0) is 21.0. The molecule has 1 atom stereocenters. The lowest BCUT2D eigenvalue weighted by atomic mass is 10.3. The van der Waals surface area contributed by atoms with Gasteiger partial charge in [0.05, 0.1) is 33.4 Å². The summed E-state index contributed by atoms with van der Waals surface area (Å²) in [5, 5.41) is 4.66. The first-order valence-electron chi connectivity index (χ1n) is 8.29. The second-order valence-corrected chi connectivity index (χ2v) is 9.21. The van der Waals surface area contributed by atoms with Crippen molar-refractivity contribution >= 4 is 56.2 Å². The highest BCUT2D eigenvalue weighted by Gasteiger charge is 2.31. The highest BCUT2D eigenvalue weighted by molar-refractivity contribution is 7.91. The number of nitrogens with one attached hydrogen (secondary N) is 2. The maximum atomic E-state index is 13.0. The number of hydrogen-bond donors (Lipinski definition) is 2. The average molecular weight is 474 g/mol. The SMILES string of the molecule is O=C(CNC(c1ccco1)S(=O)(=O)c1ccccc1)Nc1c(Cl)cc(Cl)cc1Cl. The minimum absolute atomic E-state index is 0.0955. The molecule has 1 aromatic heterocycles. The minimum Gasteiger partial charge on any atom is -0.467 e. The van der Waals surface area contributed by atoms with Gasteiger partial charge in [-0.1, -0.05) is 53.0 Å². The van der Waals surface area contributed by atoms with Gasteiger partial charge in [0.15, 0.2) is 5.37 Å². The quantitative estimate of drug-likeness (QED) is 0.507. The molecule has 2 aromatic carbocycles. The van der Waals surface area contributed by atoms with E-state index in [0.29, 0.717) is 5.02 Å². The van der Waals surface area contributed by atoms with Crippen LogP contribution in [0.4, 0.5) is 5.69 Å². The van der Waals surface area contributed by atoms with E-state index in [1.54, 1.807) is 24.3 Å². The van der Waals surface area contributed by atoms with Crippen LogP contribution in [0, 0.1) is 0 Å². The number of rotatable bonds is 7. The number of benzene rings is 2. The molecule has 10 heteroatoms. The first-order valence-corrected chi connectivity index (χ1v) is 11.0. The molecule has 0 radical (unpaired) electrons. The first-order chi connectivity index (χ1) is 13.8. The second kappa shape index (κ2) is 9.19. The Kier molecular flexibility index (Phi) is 6.87. The van der Waals surface area contributed by atoms with E-state index < -0.39 is 21.1 Å². The topological polar surface area (TPSA) is 88.4 Å². The predicted molar refractivity (Wildman–Crippen MR) is 113 cm³/mol. The van der Waals surface area contributed by atoms with Crippen molar-refractivity contribution in [3.05, 3.63) is 81.7 Å². The van der Waals surface area contributed by atoms with Gasteiger partial charge in [0.1, 0.15) is 5.76 Å². The van der Waals surface area contributed by atoms with Crippen LogP contribution >= 0.6 is 34.8 Å². The molecule has 6 nitrogen and oxygen atoms in total. The van der Waals surface area contributed by atoms with Gasteiger partial charge in [-0.25, -0.2) is 8.42 Å². The number of furan rings is 1. The molecule has 0 aliphatic rings. The summed E-state index contributed by atoms with van der Waals surface area (Å²) in [5.74, 6) is -0.389. The van der Waals surface area contributed by atoms with Gasteiger partial charge in [-0.3, -0.25) is 10.1 Å². The van der Waals surface area contributed by atoms with Gasteiger partial charge in [-0.05, 0) is 36.4 Å². The third kappa shape index (κ3) is 5.12. The molecule has 1 heterocycles. The first kappa shape index (κ1) is 21.7. The van der Waals surface area contributed by atoms with E-state index in [4.69, 9.17) is 39.2 Å². The van der Waals surface area contributed by atoms with E-state index in [1.807, 2.05) is 0 Å². The molecule has 3 aromatic rings. The van der Waals surface area contributed by atoms with Gasteiger partial charge >= 0.3 is 0 Å². The van der Waals surface area contributed by atoms with Crippen molar-refractivity contribution in [2.45, 2.75) is 10.3 Å². The Morgan fingerprint density at radius 3 is 2.24 bits per heavy atom. The molecule has 0 aliphatic carbocycles. The summed E-state index contributed by atoms with van der Waals surface area (Å²) in [6.07, 6.45) is 1.36. The van der Waals surface area contributed by atoms with E-state index >= 15 is 0 Å². The normalized spacial score (nSPS) is 12.5. The van der Waals surface area contributed by atoms with Crippen molar-refractivity contribution in [3.8, 4) is 0 Å². The van der Waals surface area contributed by atoms with E-state index in [1.165, 1.54) is 36.6 Å². The number of sulfone groups is 1. The van der Waals surface area contributed by atoms with Crippen molar-refractivity contribution in [1.82, 2.24) is 5.32 Å². The third-order valence-electron chi connectivity index (χ3n) is 3.90. The van der Waals surface area contributed by atoms with E-state index in [2.05, 4.69) is 10.6 Å². The third-order valence-corrected chi connectivity index (χ3v) is 6.67. The summed E-state index contributed by atoms with van der Waals surface area (Å²) in [5.41, 5.74) is 0.185. The van der Waals surface area contributed by atoms with Crippen LogP contribution in [0.2, 0.25) is 15.1 Å². The number of carbonyl (C=O) groups excluding carboxylic acids is 1. The van der Waals surface area contributed by atoms with Crippen LogP contribution in [0.25, 0.3) is 0 Å². The molecule has 0 saturated heterocycles. The van der Waals surface area contributed by atoms with E-state index in [9.17, 15) is 13.2 Å². The Morgan fingerprint density at radius 2 is 1.66 bits per heavy atom. The van der Waals surface area contributed by atoms with Crippen molar-refractivity contribution in [2.24, 2.45) is 0 Å². The molecule has 0 fully saturated rings. The number of hydrogen-bond acceptors (Lipinski definition) is 5. The Labute approximate surface area is 182 Å². The Bertz CT molecular complexity index is 1080. The maximum absolute atomic E-state index is 13.0. The van der Waals surface area contributed by atoms with Gasteiger partial charge in [-0.15, -0.1) is 0 Å². The van der Waals surface area contributed by atoms with E-state index in [0.717, 1.165) is 0 Å². The zero-order valence-corrected chi connectivity index (χ0v) is 17.8.